The van der Waals surface area contributed by atoms with Gasteiger partial charge in [-0.05, 0) is 36.2 Å². The normalized spacial score (nSPS) is 11.5. The molecule has 2 N–H and O–H groups in total. The smallest absolute Gasteiger partial charge is 0.182 e. The topological polar surface area (TPSA) is 60.2 Å². The predicted octanol–water partition coefficient (Wildman–Crippen LogP) is 3.31. The molecule has 3 nitrogen and oxygen atoms in total. The summed E-state index contributed by atoms with van der Waals surface area (Å²) >= 11 is 3.37. The van der Waals surface area contributed by atoms with E-state index in [4.69, 9.17) is 5.73 Å². The van der Waals surface area contributed by atoms with Gasteiger partial charge in [-0.1, -0.05) is 40.2 Å². The summed E-state index contributed by atoms with van der Waals surface area (Å²) in [5.41, 5.74) is 7.58. The van der Waals surface area contributed by atoms with Gasteiger partial charge in [-0.15, -0.1) is 0 Å². The van der Waals surface area contributed by atoms with E-state index in [2.05, 4.69) is 15.9 Å². The predicted molar refractivity (Wildman–Crippen MR) is 80.6 cm³/mol. The van der Waals surface area contributed by atoms with Gasteiger partial charge in [0.25, 0.3) is 0 Å². The van der Waals surface area contributed by atoms with Crippen molar-refractivity contribution in [3.8, 4) is 0 Å². The average molecular weight is 340 g/mol. The summed E-state index contributed by atoms with van der Waals surface area (Å²) in [6, 6.07) is 12.2. The number of halogens is 1. The third-order valence-corrected chi connectivity index (χ3v) is 5.43. The molecule has 0 aliphatic heterocycles. The summed E-state index contributed by atoms with van der Waals surface area (Å²) in [6.07, 6.45) is 0. The number of anilines is 1. The van der Waals surface area contributed by atoms with Gasteiger partial charge in [0.1, 0.15) is 0 Å². The van der Waals surface area contributed by atoms with Crippen molar-refractivity contribution in [2.45, 2.75) is 17.6 Å². The lowest BCUT2D eigenvalue weighted by Crippen LogP contribution is -2.08. The van der Waals surface area contributed by atoms with Gasteiger partial charge >= 0.3 is 0 Å². The first-order valence-corrected chi connectivity index (χ1v) is 8.17. The Labute approximate surface area is 121 Å². The van der Waals surface area contributed by atoms with Crippen LogP contribution >= 0.6 is 15.9 Å². The van der Waals surface area contributed by atoms with Crippen LogP contribution < -0.4 is 5.73 Å². The molecule has 19 heavy (non-hydrogen) atoms. The Bertz CT molecular complexity index is 711. The van der Waals surface area contributed by atoms with Gasteiger partial charge < -0.3 is 5.73 Å². The Hall–Kier alpha value is -1.33. The average Bonchev–Trinajstić information content (AvgIpc) is 2.35. The van der Waals surface area contributed by atoms with Gasteiger partial charge in [-0.25, -0.2) is 8.42 Å². The van der Waals surface area contributed by atoms with Crippen LogP contribution in [0.1, 0.15) is 11.1 Å². The molecule has 5 heteroatoms. The minimum absolute atomic E-state index is 0.0429. The number of hydrogen-bond donors (Lipinski definition) is 1. The summed E-state index contributed by atoms with van der Waals surface area (Å²) in [5, 5.41) is 0. The number of aryl methyl sites for hydroxylation is 1. The molecule has 0 aromatic heterocycles. The third-order valence-electron chi connectivity index (χ3n) is 2.85. The molecule has 0 radical (unpaired) electrons. The standard InChI is InChI=1S/C14H14BrNO2S/c1-10-6-7-12(16)8-14(10)19(17,18)9-11-4-2-3-5-13(11)15/h2-8H,9,16H2,1H3. The highest BCUT2D eigenvalue weighted by Crippen LogP contribution is 2.25. The fourth-order valence-corrected chi connectivity index (χ4v) is 4.15. The zero-order valence-electron chi connectivity index (χ0n) is 10.4. The Kier molecular flexibility index (Phi) is 3.96. The fraction of sp³-hybridized carbons (Fsp3) is 0.143. The van der Waals surface area contributed by atoms with Gasteiger partial charge in [0, 0.05) is 10.2 Å². The summed E-state index contributed by atoms with van der Waals surface area (Å²) < 4.78 is 25.7. The number of sulfone groups is 1. The number of nitrogens with two attached hydrogens (primary N) is 1. The highest BCUT2D eigenvalue weighted by atomic mass is 79.9. The quantitative estimate of drug-likeness (QED) is 0.872. The van der Waals surface area contributed by atoms with E-state index in [1.165, 1.54) is 6.07 Å². The molecular formula is C14H14BrNO2S. The summed E-state index contributed by atoms with van der Waals surface area (Å²) in [4.78, 5) is 0.295. The van der Waals surface area contributed by atoms with Crippen molar-refractivity contribution in [3.63, 3.8) is 0 Å². The van der Waals surface area contributed by atoms with Crippen LogP contribution in [-0.2, 0) is 15.6 Å². The molecule has 0 bridgehead atoms. The zero-order chi connectivity index (χ0) is 14.0. The van der Waals surface area contributed by atoms with Crippen molar-refractivity contribution in [1.82, 2.24) is 0 Å². The van der Waals surface area contributed by atoms with Crippen LogP contribution in [0, 0.1) is 6.92 Å². The molecule has 0 unspecified atom stereocenters. The number of hydrogen-bond acceptors (Lipinski definition) is 3. The van der Waals surface area contributed by atoms with Gasteiger partial charge in [-0.2, -0.15) is 0 Å². The largest absolute Gasteiger partial charge is 0.399 e. The molecular weight excluding hydrogens is 326 g/mol. The van der Waals surface area contributed by atoms with E-state index in [1.54, 1.807) is 25.1 Å². The first-order chi connectivity index (χ1) is 8.90. The lowest BCUT2D eigenvalue weighted by atomic mass is 10.2. The maximum atomic E-state index is 12.5. The molecule has 0 spiro atoms. The van der Waals surface area contributed by atoms with Crippen molar-refractivity contribution in [1.29, 1.82) is 0 Å². The molecule has 2 aromatic carbocycles. The van der Waals surface area contributed by atoms with Crippen molar-refractivity contribution in [3.05, 3.63) is 58.1 Å². The molecule has 2 aromatic rings. The molecule has 0 saturated heterocycles. The lowest BCUT2D eigenvalue weighted by molar-refractivity contribution is 0.594. The SMILES string of the molecule is Cc1ccc(N)cc1S(=O)(=O)Cc1ccccc1Br. The first-order valence-electron chi connectivity index (χ1n) is 5.72. The van der Waals surface area contributed by atoms with Crippen molar-refractivity contribution < 1.29 is 8.42 Å². The number of rotatable bonds is 3. The zero-order valence-corrected chi connectivity index (χ0v) is 12.8. The molecule has 2 rings (SSSR count). The van der Waals surface area contributed by atoms with E-state index in [-0.39, 0.29) is 5.75 Å². The molecule has 0 aliphatic carbocycles. The molecule has 0 amide bonds. The first kappa shape index (κ1) is 14.1. The van der Waals surface area contributed by atoms with E-state index < -0.39 is 9.84 Å². The third kappa shape index (κ3) is 3.16. The van der Waals surface area contributed by atoms with Crippen molar-refractivity contribution in [2.24, 2.45) is 0 Å². The Morgan fingerprint density at radius 2 is 1.84 bits per heavy atom. The van der Waals surface area contributed by atoms with Crippen LogP contribution in [0.3, 0.4) is 0 Å². The molecule has 0 atom stereocenters. The highest BCUT2D eigenvalue weighted by molar-refractivity contribution is 9.10. The lowest BCUT2D eigenvalue weighted by Gasteiger charge is -2.09. The Morgan fingerprint density at radius 1 is 1.16 bits per heavy atom. The van der Waals surface area contributed by atoms with Crippen LogP contribution in [0.2, 0.25) is 0 Å². The summed E-state index contributed by atoms with van der Waals surface area (Å²) in [7, 11) is -3.40. The maximum absolute atomic E-state index is 12.5. The summed E-state index contributed by atoms with van der Waals surface area (Å²) in [5.74, 6) is -0.0429. The van der Waals surface area contributed by atoms with E-state index in [0.717, 1.165) is 10.0 Å². The molecule has 0 saturated carbocycles. The van der Waals surface area contributed by atoms with E-state index >= 15 is 0 Å². The Balaban J connectivity index is 2.44. The fourth-order valence-electron chi connectivity index (χ4n) is 1.85. The van der Waals surface area contributed by atoms with E-state index in [9.17, 15) is 8.42 Å². The molecule has 0 aliphatic rings. The van der Waals surface area contributed by atoms with Gasteiger partial charge in [0.2, 0.25) is 0 Å². The second-order valence-corrected chi connectivity index (χ2v) is 7.19. The van der Waals surface area contributed by atoms with E-state index in [1.807, 2.05) is 18.2 Å². The minimum atomic E-state index is -3.40. The second-order valence-electron chi connectivity index (χ2n) is 4.38. The number of benzene rings is 2. The van der Waals surface area contributed by atoms with Crippen LogP contribution in [0.4, 0.5) is 5.69 Å². The highest BCUT2D eigenvalue weighted by Gasteiger charge is 2.19. The van der Waals surface area contributed by atoms with Crippen LogP contribution in [0.25, 0.3) is 0 Å². The second kappa shape index (κ2) is 5.35. The van der Waals surface area contributed by atoms with E-state index in [0.29, 0.717) is 16.1 Å². The van der Waals surface area contributed by atoms with Crippen LogP contribution in [0.15, 0.2) is 51.8 Å². The maximum Gasteiger partial charge on any atom is 0.182 e. The monoisotopic (exact) mass is 339 g/mol. The van der Waals surface area contributed by atoms with Gasteiger partial charge in [0.05, 0.1) is 10.6 Å². The Morgan fingerprint density at radius 3 is 2.53 bits per heavy atom. The van der Waals surface area contributed by atoms with Gasteiger partial charge in [-0.3, -0.25) is 0 Å². The summed E-state index contributed by atoms with van der Waals surface area (Å²) in [6.45, 7) is 1.77. The van der Waals surface area contributed by atoms with Crippen LogP contribution in [0.5, 0.6) is 0 Å². The van der Waals surface area contributed by atoms with Crippen molar-refractivity contribution in [2.75, 3.05) is 5.73 Å². The minimum Gasteiger partial charge on any atom is -0.399 e. The molecule has 0 heterocycles. The molecule has 0 fully saturated rings. The van der Waals surface area contributed by atoms with Crippen LogP contribution in [-0.4, -0.2) is 8.42 Å². The number of nitrogen functional groups attached to an aromatic ring is 1. The van der Waals surface area contributed by atoms with Gasteiger partial charge in [0.15, 0.2) is 9.84 Å². The van der Waals surface area contributed by atoms with Crippen molar-refractivity contribution >= 4 is 31.5 Å². The molecule has 100 valence electrons.